The second kappa shape index (κ2) is 5.14. The summed E-state index contributed by atoms with van der Waals surface area (Å²) < 4.78 is 7.52. The third kappa shape index (κ3) is 2.54. The Morgan fingerprint density at radius 1 is 1.58 bits per heavy atom. The number of hydrogen-bond acceptors (Lipinski definition) is 5. The highest BCUT2D eigenvalue weighted by Crippen LogP contribution is 2.13. The van der Waals surface area contributed by atoms with Crippen molar-refractivity contribution < 1.29 is 4.74 Å². The summed E-state index contributed by atoms with van der Waals surface area (Å²) in [5.41, 5.74) is 2.04. The fourth-order valence-corrected chi connectivity index (χ4v) is 2.31. The van der Waals surface area contributed by atoms with E-state index in [4.69, 9.17) is 4.74 Å². The molecule has 0 bridgehead atoms. The molecule has 3 heterocycles. The highest BCUT2D eigenvalue weighted by atomic mass is 16.5. The number of morpholine rings is 1. The van der Waals surface area contributed by atoms with E-state index in [2.05, 4.69) is 15.4 Å². The second-order valence-corrected chi connectivity index (χ2v) is 4.95. The van der Waals surface area contributed by atoms with Gasteiger partial charge in [-0.3, -0.25) is 0 Å². The van der Waals surface area contributed by atoms with E-state index in [1.165, 1.54) is 0 Å². The number of nitrogens with zero attached hydrogens (tertiary/aromatic N) is 4. The smallest absolute Gasteiger partial charge is 0.245 e. The number of likely N-dealkylation sites (N-methyl/N-ethyl adjacent to an activating group) is 1. The third-order valence-electron chi connectivity index (χ3n) is 3.37. The molecule has 0 saturated carbocycles. The minimum atomic E-state index is 0.200. The van der Waals surface area contributed by atoms with Crippen LogP contribution in [0.3, 0.4) is 0 Å². The fourth-order valence-electron chi connectivity index (χ4n) is 2.31. The Balaban J connectivity index is 1.77. The standard InChI is InChI=1S/C13H19N5O/c1-10-4-3-6-18-12(10)15-13(16-18)17(2)9-11-8-14-5-7-19-11/h3-4,6,11,14H,5,7-9H2,1-2H3. The summed E-state index contributed by atoms with van der Waals surface area (Å²) in [5.74, 6) is 0.739. The lowest BCUT2D eigenvalue weighted by molar-refractivity contribution is 0.0338. The van der Waals surface area contributed by atoms with Crippen LogP contribution in [0.1, 0.15) is 5.56 Å². The fraction of sp³-hybridized carbons (Fsp3) is 0.538. The Bertz CT molecular complexity index is 561. The number of nitrogens with one attached hydrogen (secondary N) is 1. The van der Waals surface area contributed by atoms with E-state index >= 15 is 0 Å². The maximum absolute atomic E-state index is 5.70. The summed E-state index contributed by atoms with van der Waals surface area (Å²) in [4.78, 5) is 6.63. The lowest BCUT2D eigenvalue weighted by Gasteiger charge is -2.27. The minimum Gasteiger partial charge on any atom is -0.374 e. The van der Waals surface area contributed by atoms with Gasteiger partial charge in [0, 0.05) is 32.9 Å². The van der Waals surface area contributed by atoms with Crippen LogP contribution < -0.4 is 10.2 Å². The van der Waals surface area contributed by atoms with Crippen molar-refractivity contribution in [1.29, 1.82) is 0 Å². The minimum absolute atomic E-state index is 0.200. The van der Waals surface area contributed by atoms with Gasteiger partial charge in [0.05, 0.1) is 12.7 Å². The number of anilines is 1. The number of aryl methyl sites for hydroxylation is 1. The Hall–Kier alpha value is -1.66. The Labute approximate surface area is 112 Å². The average Bonchev–Trinajstić information content (AvgIpc) is 2.85. The first-order valence-corrected chi connectivity index (χ1v) is 6.59. The molecule has 1 aliphatic rings. The van der Waals surface area contributed by atoms with Gasteiger partial charge in [-0.05, 0) is 18.6 Å². The third-order valence-corrected chi connectivity index (χ3v) is 3.37. The molecule has 1 N–H and O–H groups in total. The Morgan fingerprint density at radius 3 is 3.21 bits per heavy atom. The number of rotatable bonds is 3. The lowest BCUT2D eigenvalue weighted by Crippen LogP contribution is -2.44. The molecule has 0 amide bonds. The average molecular weight is 261 g/mol. The van der Waals surface area contributed by atoms with Crippen LogP contribution in [-0.4, -0.2) is 54.0 Å². The number of aromatic nitrogens is 3. The summed E-state index contributed by atoms with van der Waals surface area (Å²) in [6, 6.07) is 4.02. The van der Waals surface area contributed by atoms with E-state index in [1.807, 2.05) is 41.7 Å². The molecular weight excluding hydrogens is 242 g/mol. The van der Waals surface area contributed by atoms with Crippen molar-refractivity contribution in [2.45, 2.75) is 13.0 Å². The monoisotopic (exact) mass is 261 g/mol. The molecule has 6 heteroatoms. The second-order valence-electron chi connectivity index (χ2n) is 4.95. The molecule has 1 unspecified atom stereocenters. The van der Waals surface area contributed by atoms with Crippen molar-refractivity contribution in [3.05, 3.63) is 23.9 Å². The van der Waals surface area contributed by atoms with Crippen molar-refractivity contribution in [2.24, 2.45) is 0 Å². The number of pyridine rings is 1. The van der Waals surface area contributed by atoms with E-state index in [9.17, 15) is 0 Å². The topological polar surface area (TPSA) is 54.7 Å². The lowest BCUT2D eigenvalue weighted by atomic mass is 10.3. The quantitative estimate of drug-likeness (QED) is 0.870. The molecule has 3 rings (SSSR count). The normalized spacial score (nSPS) is 19.8. The molecule has 2 aromatic heterocycles. The van der Waals surface area contributed by atoms with Crippen LogP contribution in [0.15, 0.2) is 18.3 Å². The van der Waals surface area contributed by atoms with Crippen molar-refractivity contribution in [3.8, 4) is 0 Å². The molecule has 2 aromatic rings. The number of fused-ring (bicyclic) bond motifs is 1. The molecule has 6 nitrogen and oxygen atoms in total. The van der Waals surface area contributed by atoms with Crippen LogP contribution in [0.25, 0.3) is 5.65 Å². The SMILES string of the molecule is Cc1cccn2nc(N(C)CC3CNCCO3)nc12. The van der Waals surface area contributed by atoms with Crippen LogP contribution in [0.5, 0.6) is 0 Å². The van der Waals surface area contributed by atoms with Gasteiger partial charge in [0.15, 0.2) is 5.65 Å². The molecule has 1 fully saturated rings. The maximum Gasteiger partial charge on any atom is 0.245 e. The largest absolute Gasteiger partial charge is 0.374 e. The molecule has 0 spiro atoms. The molecule has 0 aromatic carbocycles. The van der Waals surface area contributed by atoms with Gasteiger partial charge < -0.3 is 15.0 Å². The van der Waals surface area contributed by atoms with Gasteiger partial charge in [0.25, 0.3) is 0 Å². The van der Waals surface area contributed by atoms with Crippen LogP contribution >= 0.6 is 0 Å². The summed E-state index contributed by atoms with van der Waals surface area (Å²) in [7, 11) is 2.00. The zero-order valence-electron chi connectivity index (χ0n) is 11.3. The van der Waals surface area contributed by atoms with Crippen LogP contribution in [0, 0.1) is 6.92 Å². The van der Waals surface area contributed by atoms with Gasteiger partial charge in [0.1, 0.15) is 0 Å². The maximum atomic E-state index is 5.70. The van der Waals surface area contributed by atoms with Gasteiger partial charge in [-0.25, -0.2) is 4.52 Å². The predicted molar refractivity (Wildman–Crippen MR) is 73.6 cm³/mol. The molecule has 1 atom stereocenters. The molecule has 1 saturated heterocycles. The molecule has 0 aliphatic carbocycles. The van der Waals surface area contributed by atoms with Crippen molar-refractivity contribution in [2.75, 3.05) is 38.2 Å². The van der Waals surface area contributed by atoms with Gasteiger partial charge in [0.2, 0.25) is 5.95 Å². The van der Waals surface area contributed by atoms with Crippen molar-refractivity contribution >= 4 is 11.6 Å². The van der Waals surface area contributed by atoms with E-state index in [-0.39, 0.29) is 6.10 Å². The van der Waals surface area contributed by atoms with E-state index in [1.54, 1.807) is 0 Å². The summed E-state index contributed by atoms with van der Waals surface area (Å²) in [6.45, 7) is 5.43. The Kier molecular flexibility index (Phi) is 3.35. The molecule has 1 aliphatic heterocycles. The van der Waals surface area contributed by atoms with Crippen molar-refractivity contribution in [1.82, 2.24) is 19.9 Å². The summed E-state index contributed by atoms with van der Waals surface area (Å²) >= 11 is 0. The van der Waals surface area contributed by atoms with E-state index in [0.717, 1.165) is 43.4 Å². The molecule has 0 radical (unpaired) electrons. The highest BCUT2D eigenvalue weighted by molar-refractivity contribution is 5.50. The van der Waals surface area contributed by atoms with Crippen molar-refractivity contribution in [3.63, 3.8) is 0 Å². The molecule has 19 heavy (non-hydrogen) atoms. The molecule has 102 valence electrons. The first-order valence-electron chi connectivity index (χ1n) is 6.59. The Morgan fingerprint density at radius 2 is 2.47 bits per heavy atom. The van der Waals surface area contributed by atoms with Crippen LogP contribution in [-0.2, 0) is 4.74 Å². The number of ether oxygens (including phenoxy) is 1. The van der Waals surface area contributed by atoms with E-state index in [0.29, 0.717) is 0 Å². The van der Waals surface area contributed by atoms with Gasteiger partial charge in [-0.15, -0.1) is 5.10 Å². The zero-order valence-corrected chi connectivity index (χ0v) is 11.3. The first kappa shape index (κ1) is 12.4. The van der Waals surface area contributed by atoms with E-state index < -0.39 is 0 Å². The van der Waals surface area contributed by atoms with Gasteiger partial charge in [-0.1, -0.05) is 6.07 Å². The summed E-state index contributed by atoms with van der Waals surface area (Å²) in [6.07, 6.45) is 2.12. The van der Waals surface area contributed by atoms with Gasteiger partial charge in [-0.2, -0.15) is 4.98 Å². The first-order chi connectivity index (χ1) is 9.24. The highest BCUT2D eigenvalue weighted by Gasteiger charge is 2.18. The summed E-state index contributed by atoms with van der Waals surface area (Å²) in [5, 5.41) is 7.82. The predicted octanol–water partition coefficient (Wildman–Crippen LogP) is 0.462. The van der Waals surface area contributed by atoms with Gasteiger partial charge >= 0.3 is 0 Å². The van der Waals surface area contributed by atoms with Crippen LogP contribution in [0.2, 0.25) is 0 Å². The number of hydrogen-bond donors (Lipinski definition) is 1. The zero-order chi connectivity index (χ0) is 13.2. The van der Waals surface area contributed by atoms with Crippen LogP contribution in [0.4, 0.5) is 5.95 Å². The molecular formula is C13H19N5O.